The molecule has 1 aromatic carbocycles. The summed E-state index contributed by atoms with van der Waals surface area (Å²) in [4.78, 5) is 12.1. The van der Waals surface area contributed by atoms with E-state index in [9.17, 15) is 9.90 Å². The summed E-state index contributed by atoms with van der Waals surface area (Å²) in [5.41, 5.74) is 1.39. The van der Waals surface area contributed by atoms with Gasteiger partial charge in [0.15, 0.2) is 0 Å². The molecule has 16 heavy (non-hydrogen) atoms. The van der Waals surface area contributed by atoms with Crippen LogP contribution in [0.4, 0.5) is 0 Å². The Morgan fingerprint density at radius 1 is 1.44 bits per heavy atom. The number of thiocarbonyl (C=S) groups is 1. The fourth-order valence-corrected chi connectivity index (χ4v) is 2.55. The third kappa shape index (κ3) is 1.96. The molecule has 3 nitrogen and oxygen atoms in total. The van der Waals surface area contributed by atoms with E-state index < -0.39 is 0 Å². The van der Waals surface area contributed by atoms with E-state index >= 15 is 0 Å². The number of aromatic hydroxyl groups is 1. The summed E-state index contributed by atoms with van der Waals surface area (Å²) in [5, 5.41) is 12.2. The number of allylic oxidation sites excluding steroid dienone is 1. The lowest BCUT2D eigenvalue weighted by atomic mass is 10.1. The minimum absolute atomic E-state index is 0.165. The van der Waals surface area contributed by atoms with E-state index in [1.807, 2.05) is 6.07 Å². The van der Waals surface area contributed by atoms with Crippen molar-refractivity contribution in [3.63, 3.8) is 0 Å². The maximum absolute atomic E-state index is 11.6. The van der Waals surface area contributed by atoms with Gasteiger partial charge in [-0.3, -0.25) is 4.79 Å². The van der Waals surface area contributed by atoms with Crippen molar-refractivity contribution in [2.45, 2.75) is 6.92 Å². The smallest absolute Gasteiger partial charge is 0.263 e. The van der Waals surface area contributed by atoms with Gasteiger partial charge in [-0.2, -0.15) is 0 Å². The molecule has 0 spiro atoms. The number of phenolic OH excluding ortho intramolecular Hbond substituents is 1. The standard InChI is InChI=1S/C11H9NO2S2/c1-6(7-4-2-3-5-8(7)13)9-10(14)12-11(15)16-9/h2-5,13H,1H3,(H,12,14,15)/b9-6-. The molecule has 1 amide bonds. The molecular weight excluding hydrogens is 242 g/mol. The third-order valence-electron chi connectivity index (χ3n) is 2.27. The first-order valence-corrected chi connectivity index (χ1v) is 5.84. The Kier molecular flexibility index (Phi) is 2.98. The zero-order valence-corrected chi connectivity index (χ0v) is 10.1. The van der Waals surface area contributed by atoms with E-state index in [1.54, 1.807) is 25.1 Å². The number of para-hydroxylation sites is 1. The third-order valence-corrected chi connectivity index (χ3v) is 3.60. The zero-order valence-electron chi connectivity index (χ0n) is 8.48. The molecule has 2 rings (SSSR count). The highest BCUT2D eigenvalue weighted by molar-refractivity contribution is 8.26. The number of hydrogen-bond donors (Lipinski definition) is 2. The number of hydrogen-bond acceptors (Lipinski definition) is 4. The van der Waals surface area contributed by atoms with Gasteiger partial charge in [-0.25, -0.2) is 0 Å². The fourth-order valence-electron chi connectivity index (χ4n) is 1.47. The molecule has 1 saturated heterocycles. The van der Waals surface area contributed by atoms with Crippen molar-refractivity contribution >= 4 is 39.8 Å². The maximum atomic E-state index is 11.6. The number of carbonyl (C=O) groups is 1. The molecule has 0 atom stereocenters. The molecule has 0 saturated carbocycles. The van der Waals surface area contributed by atoms with Gasteiger partial charge < -0.3 is 10.4 Å². The lowest BCUT2D eigenvalue weighted by Gasteiger charge is -2.05. The quantitative estimate of drug-likeness (QED) is 0.594. The van der Waals surface area contributed by atoms with Crippen molar-refractivity contribution in [2.75, 3.05) is 0 Å². The van der Waals surface area contributed by atoms with Gasteiger partial charge in [-0.1, -0.05) is 42.2 Å². The van der Waals surface area contributed by atoms with Gasteiger partial charge in [-0.15, -0.1) is 0 Å². The molecule has 0 unspecified atom stereocenters. The number of thioether (sulfide) groups is 1. The largest absolute Gasteiger partial charge is 0.507 e. The van der Waals surface area contributed by atoms with Crippen LogP contribution in [0, 0.1) is 0 Å². The summed E-state index contributed by atoms with van der Waals surface area (Å²) in [6, 6.07) is 6.92. The highest BCUT2D eigenvalue weighted by Crippen LogP contribution is 2.34. The van der Waals surface area contributed by atoms with Crippen LogP contribution in [0.1, 0.15) is 12.5 Å². The van der Waals surface area contributed by atoms with Crippen LogP contribution in [0.2, 0.25) is 0 Å². The van der Waals surface area contributed by atoms with E-state index in [1.165, 1.54) is 11.8 Å². The molecule has 0 bridgehead atoms. The molecule has 2 N–H and O–H groups in total. The van der Waals surface area contributed by atoms with Crippen molar-refractivity contribution in [1.82, 2.24) is 5.32 Å². The number of nitrogens with one attached hydrogen (secondary N) is 1. The van der Waals surface area contributed by atoms with Crippen LogP contribution in [-0.4, -0.2) is 15.3 Å². The second-order valence-corrected chi connectivity index (χ2v) is 5.00. The lowest BCUT2D eigenvalue weighted by molar-refractivity contribution is -0.115. The highest BCUT2D eigenvalue weighted by atomic mass is 32.2. The first kappa shape index (κ1) is 11.2. The molecule has 82 valence electrons. The molecule has 0 aromatic heterocycles. The van der Waals surface area contributed by atoms with E-state index in [2.05, 4.69) is 5.32 Å². The van der Waals surface area contributed by atoms with E-state index in [4.69, 9.17) is 12.2 Å². The molecule has 0 aliphatic carbocycles. The van der Waals surface area contributed by atoms with Crippen LogP contribution < -0.4 is 5.32 Å². The summed E-state index contributed by atoms with van der Waals surface area (Å²) in [5.74, 6) is -0.0329. The van der Waals surface area contributed by atoms with Crippen molar-refractivity contribution in [3.05, 3.63) is 34.7 Å². The topological polar surface area (TPSA) is 49.3 Å². The van der Waals surface area contributed by atoms with E-state index in [0.29, 0.717) is 14.8 Å². The van der Waals surface area contributed by atoms with Gasteiger partial charge in [0.2, 0.25) is 0 Å². The van der Waals surface area contributed by atoms with Crippen molar-refractivity contribution in [1.29, 1.82) is 0 Å². The molecule has 1 aliphatic heterocycles. The number of rotatable bonds is 1. The highest BCUT2D eigenvalue weighted by Gasteiger charge is 2.25. The van der Waals surface area contributed by atoms with Gasteiger partial charge in [0.05, 0.1) is 4.91 Å². The van der Waals surface area contributed by atoms with Crippen LogP contribution in [-0.2, 0) is 4.79 Å². The summed E-state index contributed by atoms with van der Waals surface area (Å²) in [7, 11) is 0. The van der Waals surface area contributed by atoms with Crippen LogP contribution in [0.3, 0.4) is 0 Å². The Balaban J connectivity index is 2.49. The monoisotopic (exact) mass is 251 g/mol. The normalized spacial score (nSPS) is 18.6. The Morgan fingerprint density at radius 2 is 2.12 bits per heavy atom. The minimum atomic E-state index is -0.198. The second kappa shape index (κ2) is 4.27. The molecule has 5 heteroatoms. The Labute approximate surface area is 103 Å². The molecular formula is C11H9NO2S2. The van der Waals surface area contributed by atoms with Gasteiger partial charge in [-0.05, 0) is 18.6 Å². The van der Waals surface area contributed by atoms with Crippen molar-refractivity contribution < 1.29 is 9.90 Å². The van der Waals surface area contributed by atoms with Gasteiger partial charge in [0.1, 0.15) is 10.1 Å². The summed E-state index contributed by atoms with van der Waals surface area (Å²) in [6.45, 7) is 1.80. The fraction of sp³-hybridized carbons (Fsp3) is 0.0909. The first-order valence-electron chi connectivity index (χ1n) is 4.62. The molecule has 0 radical (unpaired) electrons. The van der Waals surface area contributed by atoms with E-state index in [-0.39, 0.29) is 11.7 Å². The summed E-state index contributed by atoms with van der Waals surface area (Å²) < 4.78 is 0.453. The van der Waals surface area contributed by atoms with Crippen LogP contribution >= 0.6 is 24.0 Å². The number of phenols is 1. The SMILES string of the molecule is C/C(=C1/SC(=S)NC1=O)c1ccccc1O. The number of benzene rings is 1. The predicted octanol–water partition coefficient (Wildman–Crippen LogP) is 2.27. The minimum Gasteiger partial charge on any atom is -0.507 e. The first-order chi connectivity index (χ1) is 7.59. The Morgan fingerprint density at radius 3 is 2.69 bits per heavy atom. The van der Waals surface area contributed by atoms with Crippen LogP contribution in [0.25, 0.3) is 5.57 Å². The molecule has 1 aliphatic rings. The zero-order chi connectivity index (χ0) is 11.7. The average molecular weight is 251 g/mol. The van der Waals surface area contributed by atoms with Crippen molar-refractivity contribution in [3.8, 4) is 5.75 Å². The molecule has 1 aromatic rings. The second-order valence-electron chi connectivity index (χ2n) is 3.31. The van der Waals surface area contributed by atoms with E-state index in [0.717, 1.165) is 5.57 Å². The van der Waals surface area contributed by atoms with Gasteiger partial charge in [0.25, 0.3) is 5.91 Å². The average Bonchev–Trinajstić information content (AvgIpc) is 2.58. The maximum Gasteiger partial charge on any atom is 0.263 e. The Hall–Kier alpha value is -1.33. The van der Waals surface area contributed by atoms with Gasteiger partial charge >= 0.3 is 0 Å². The lowest BCUT2D eigenvalue weighted by Crippen LogP contribution is -2.18. The van der Waals surface area contributed by atoms with Gasteiger partial charge in [0, 0.05) is 5.56 Å². The van der Waals surface area contributed by atoms with Crippen LogP contribution in [0.15, 0.2) is 29.2 Å². The predicted molar refractivity (Wildman–Crippen MR) is 69.0 cm³/mol. The molecule has 1 heterocycles. The van der Waals surface area contributed by atoms with Crippen molar-refractivity contribution in [2.24, 2.45) is 0 Å². The molecule has 1 fully saturated rings. The summed E-state index contributed by atoms with van der Waals surface area (Å²) >= 11 is 6.13. The number of amides is 1. The van der Waals surface area contributed by atoms with Crippen LogP contribution in [0.5, 0.6) is 5.75 Å². The number of carbonyl (C=O) groups excluding carboxylic acids is 1. The summed E-state index contributed by atoms with van der Waals surface area (Å²) in [6.07, 6.45) is 0. The Bertz CT molecular complexity index is 508.